The van der Waals surface area contributed by atoms with Crippen molar-refractivity contribution in [3.8, 4) is 34.3 Å². The second-order valence-electron chi connectivity index (χ2n) is 6.47. The van der Waals surface area contributed by atoms with Crippen LogP contribution in [-0.4, -0.2) is 38.6 Å². The maximum absolute atomic E-state index is 5.73. The quantitative estimate of drug-likeness (QED) is 0.315. The van der Waals surface area contributed by atoms with Crippen LogP contribution in [0, 0.1) is 0 Å². The molecule has 0 bridgehead atoms. The number of nitrogens with one attached hydrogen (secondary N) is 1. The second kappa shape index (κ2) is 11.2. The lowest BCUT2D eigenvalue weighted by Crippen LogP contribution is -2.00. The molecule has 3 rings (SSSR count). The van der Waals surface area contributed by atoms with Gasteiger partial charge in [0.05, 0.1) is 39.3 Å². The molecule has 8 heteroatoms. The van der Waals surface area contributed by atoms with Crippen molar-refractivity contribution in [2.75, 3.05) is 32.9 Å². The molecule has 0 unspecified atom stereocenters. The second-order valence-corrected chi connectivity index (χ2v) is 7.32. The monoisotopic (exact) mass is 441 g/mol. The van der Waals surface area contributed by atoms with E-state index < -0.39 is 0 Å². The summed E-state index contributed by atoms with van der Waals surface area (Å²) < 4.78 is 22.1. The number of thiazole rings is 1. The highest BCUT2D eigenvalue weighted by atomic mass is 32.1. The average Bonchev–Trinajstić information content (AvgIpc) is 3.27. The predicted molar refractivity (Wildman–Crippen MR) is 125 cm³/mol. The molecule has 0 fully saturated rings. The van der Waals surface area contributed by atoms with Crippen LogP contribution in [-0.2, 0) is 0 Å². The molecule has 0 saturated heterocycles. The molecular formula is C23H27N3O4S. The molecule has 0 radical (unpaired) electrons. The van der Waals surface area contributed by atoms with Crippen molar-refractivity contribution in [1.29, 1.82) is 0 Å². The standard InChI is InChI=1S/C23H27N3O4S/c1-5-11-30-20-9-7-16(12-22(20)29-6-2)14-24-26-23-25-18(15-31-23)17-8-10-19(27-3)21(13-17)28-4/h7-10,12-15H,5-6,11H2,1-4H3,(H,25,26)/b24-14-. The summed E-state index contributed by atoms with van der Waals surface area (Å²) in [7, 11) is 3.23. The Morgan fingerprint density at radius 3 is 2.52 bits per heavy atom. The molecule has 0 aliphatic rings. The van der Waals surface area contributed by atoms with Gasteiger partial charge in [0.1, 0.15) is 0 Å². The number of hydrazone groups is 1. The molecule has 0 aliphatic heterocycles. The highest BCUT2D eigenvalue weighted by molar-refractivity contribution is 7.14. The summed E-state index contributed by atoms with van der Waals surface area (Å²) in [6.07, 6.45) is 2.67. The summed E-state index contributed by atoms with van der Waals surface area (Å²) in [5.74, 6) is 2.80. The lowest BCUT2D eigenvalue weighted by molar-refractivity contribution is 0.277. The number of methoxy groups -OCH3 is 2. The van der Waals surface area contributed by atoms with Gasteiger partial charge in [0.2, 0.25) is 5.13 Å². The van der Waals surface area contributed by atoms with Gasteiger partial charge in [0.25, 0.3) is 0 Å². The first-order chi connectivity index (χ1) is 15.2. The number of ether oxygens (including phenoxy) is 4. The molecule has 31 heavy (non-hydrogen) atoms. The van der Waals surface area contributed by atoms with Crippen LogP contribution in [0.4, 0.5) is 5.13 Å². The van der Waals surface area contributed by atoms with E-state index >= 15 is 0 Å². The normalized spacial score (nSPS) is 10.8. The number of hydrogen-bond donors (Lipinski definition) is 1. The molecule has 0 aliphatic carbocycles. The van der Waals surface area contributed by atoms with Gasteiger partial charge in [-0.1, -0.05) is 6.92 Å². The Morgan fingerprint density at radius 2 is 1.77 bits per heavy atom. The van der Waals surface area contributed by atoms with Gasteiger partial charge in [0.15, 0.2) is 23.0 Å². The van der Waals surface area contributed by atoms with Gasteiger partial charge in [-0.15, -0.1) is 11.3 Å². The molecule has 7 nitrogen and oxygen atoms in total. The fourth-order valence-electron chi connectivity index (χ4n) is 2.82. The van der Waals surface area contributed by atoms with E-state index in [-0.39, 0.29) is 0 Å². The molecule has 2 aromatic carbocycles. The maximum atomic E-state index is 5.73. The first kappa shape index (κ1) is 22.4. The molecule has 0 amide bonds. The highest BCUT2D eigenvalue weighted by Crippen LogP contribution is 2.33. The number of anilines is 1. The lowest BCUT2D eigenvalue weighted by atomic mass is 10.1. The van der Waals surface area contributed by atoms with Crippen LogP contribution in [0.3, 0.4) is 0 Å². The van der Waals surface area contributed by atoms with Gasteiger partial charge in [0, 0.05) is 10.9 Å². The van der Waals surface area contributed by atoms with E-state index in [1.165, 1.54) is 11.3 Å². The Bertz CT molecular complexity index is 1020. The van der Waals surface area contributed by atoms with Crippen molar-refractivity contribution >= 4 is 22.7 Å². The van der Waals surface area contributed by atoms with Gasteiger partial charge >= 0.3 is 0 Å². The van der Waals surface area contributed by atoms with Gasteiger partial charge in [-0.25, -0.2) is 4.98 Å². The zero-order valence-corrected chi connectivity index (χ0v) is 19.0. The molecule has 1 aromatic heterocycles. The molecule has 164 valence electrons. The number of hydrogen-bond acceptors (Lipinski definition) is 8. The van der Waals surface area contributed by atoms with E-state index in [0.717, 1.165) is 29.0 Å². The number of rotatable bonds is 11. The largest absolute Gasteiger partial charge is 0.493 e. The van der Waals surface area contributed by atoms with Crippen LogP contribution in [0.2, 0.25) is 0 Å². The van der Waals surface area contributed by atoms with E-state index in [2.05, 4.69) is 22.4 Å². The molecule has 0 saturated carbocycles. The van der Waals surface area contributed by atoms with E-state index in [0.29, 0.717) is 35.6 Å². The molecule has 0 atom stereocenters. The van der Waals surface area contributed by atoms with Crippen LogP contribution >= 0.6 is 11.3 Å². The van der Waals surface area contributed by atoms with Gasteiger partial charge < -0.3 is 18.9 Å². The number of aromatic nitrogens is 1. The fourth-order valence-corrected chi connectivity index (χ4v) is 3.49. The van der Waals surface area contributed by atoms with E-state index in [9.17, 15) is 0 Å². The summed E-state index contributed by atoms with van der Waals surface area (Å²) in [6.45, 7) is 5.24. The van der Waals surface area contributed by atoms with Gasteiger partial charge in [-0.2, -0.15) is 5.10 Å². The molecule has 3 aromatic rings. The van der Waals surface area contributed by atoms with Gasteiger partial charge in [-0.3, -0.25) is 5.43 Å². The zero-order chi connectivity index (χ0) is 22.1. The van der Waals surface area contributed by atoms with E-state index in [4.69, 9.17) is 18.9 Å². The average molecular weight is 442 g/mol. The fraction of sp³-hybridized carbons (Fsp3) is 0.304. The van der Waals surface area contributed by atoms with Crippen LogP contribution in [0.25, 0.3) is 11.3 Å². The van der Waals surface area contributed by atoms with E-state index in [1.807, 2.05) is 48.7 Å². The first-order valence-corrected chi connectivity index (χ1v) is 10.9. The molecule has 1 N–H and O–H groups in total. The van der Waals surface area contributed by atoms with Crippen molar-refractivity contribution in [3.63, 3.8) is 0 Å². The van der Waals surface area contributed by atoms with Crippen molar-refractivity contribution in [3.05, 3.63) is 47.3 Å². The number of nitrogens with zero attached hydrogens (tertiary/aromatic N) is 2. The zero-order valence-electron chi connectivity index (χ0n) is 18.2. The smallest absolute Gasteiger partial charge is 0.203 e. The Labute approximate surface area is 186 Å². The number of benzene rings is 2. The minimum atomic E-state index is 0.569. The summed E-state index contributed by atoms with van der Waals surface area (Å²) in [5, 5.41) is 6.96. The highest BCUT2D eigenvalue weighted by Gasteiger charge is 2.09. The Kier molecular flexibility index (Phi) is 8.12. The summed E-state index contributed by atoms with van der Waals surface area (Å²) in [6, 6.07) is 11.5. The Morgan fingerprint density at radius 1 is 0.968 bits per heavy atom. The molecule has 1 heterocycles. The van der Waals surface area contributed by atoms with Crippen LogP contribution < -0.4 is 24.4 Å². The van der Waals surface area contributed by atoms with Crippen molar-refractivity contribution in [2.45, 2.75) is 20.3 Å². The van der Waals surface area contributed by atoms with Crippen molar-refractivity contribution in [2.24, 2.45) is 5.10 Å². The minimum absolute atomic E-state index is 0.569. The molecule has 0 spiro atoms. The van der Waals surface area contributed by atoms with Gasteiger partial charge in [-0.05, 0) is 55.3 Å². The topological polar surface area (TPSA) is 74.2 Å². The summed E-state index contributed by atoms with van der Waals surface area (Å²) >= 11 is 1.47. The third kappa shape index (κ3) is 5.88. The summed E-state index contributed by atoms with van der Waals surface area (Å²) in [5.41, 5.74) is 5.66. The van der Waals surface area contributed by atoms with Crippen LogP contribution in [0.5, 0.6) is 23.0 Å². The van der Waals surface area contributed by atoms with Crippen LogP contribution in [0.1, 0.15) is 25.8 Å². The van der Waals surface area contributed by atoms with E-state index in [1.54, 1.807) is 20.4 Å². The third-order valence-corrected chi connectivity index (χ3v) is 5.03. The lowest BCUT2D eigenvalue weighted by Gasteiger charge is -2.11. The first-order valence-electron chi connectivity index (χ1n) is 10.0. The summed E-state index contributed by atoms with van der Waals surface area (Å²) in [4.78, 5) is 4.59. The van der Waals surface area contributed by atoms with Crippen molar-refractivity contribution in [1.82, 2.24) is 4.98 Å². The SMILES string of the molecule is CCCOc1ccc(/C=N\Nc2nc(-c3ccc(OC)c(OC)c3)cs2)cc1OCC. The third-order valence-electron chi connectivity index (χ3n) is 4.29. The minimum Gasteiger partial charge on any atom is -0.493 e. The van der Waals surface area contributed by atoms with Crippen molar-refractivity contribution < 1.29 is 18.9 Å². The molecular weight excluding hydrogens is 414 g/mol. The Hall–Kier alpha value is -3.26. The maximum Gasteiger partial charge on any atom is 0.203 e. The predicted octanol–water partition coefficient (Wildman–Crippen LogP) is 5.46. The van der Waals surface area contributed by atoms with Crippen LogP contribution in [0.15, 0.2) is 46.9 Å². The Balaban J connectivity index is 1.68.